The Morgan fingerprint density at radius 3 is 2.48 bits per heavy atom. The maximum Gasteiger partial charge on any atom is 0.310 e. The monoisotopic (exact) mass is 311 g/mol. The summed E-state index contributed by atoms with van der Waals surface area (Å²) in [4.78, 5) is 10.7. The predicted octanol–water partition coefficient (Wildman–Crippen LogP) is 3.45. The number of rotatable bonds is 5. The summed E-state index contributed by atoms with van der Waals surface area (Å²) < 4.78 is 19.1. The van der Waals surface area contributed by atoms with E-state index in [2.05, 4.69) is 0 Å². The van der Waals surface area contributed by atoms with Gasteiger partial charge in [-0.15, -0.1) is 0 Å². The average molecular weight is 311 g/mol. The summed E-state index contributed by atoms with van der Waals surface area (Å²) in [5, 5.41) is 11.2. The minimum Gasteiger partial charge on any atom is -0.478 e. The number of hydrogen-bond donors (Lipinski definition) is 0. The highest BCUT2D eigenvalue weighted by Crippen LogP contribution is 2.42. The van der Waals surface area contributed by atoms with Crippen LogP contribution in [0.5, 0.6) is 5.75 Å². The molecule has 1 saturated carbocycles. The molecule has 3 rings (SSSR count). The van der Waals surface area contributed by atoms with Crippen LogP contribution >= 0.6 is 0 Å². The lowest BCUT2D eigenvalue weighted by Crippen LogP contribution is -2.25. The Labute approximate surface area is 134 Å². The van der Waals surface area contributed by atoms with E-state index >= 15 is 0 Å². The second-order valence-electron chi connectivity index (χ2n) is 5.77. The number of nitro benzene ring substituents is 1. The van der Waals surface area contributed by atoms with Crippen molar-refractivity contribution in [1.29, 1.82) is 0 Å². The van der Waals surface area contributed by atoms with E-state index in [1.54, 1.807) is 12.1 Å². The predicted molar refractivity (Wildman–Crippen MR) is 85.6 cm³/mol. The molecule has 0 spiro atoms. The minimum atomic E-state index is -0.489. The van der Waals surface area contributed by atoms with Gasteiger partial charge < -0.3 is 4.74 Å². The number of halogens is 1. The molecule has 0 amide bonds. The molecule has 0 heterocycles. The largest absolute Gasteiger partial charge is 0.478 e. The van der Waals surface area contributed by atoms with Gasteiger partial charge in [-0.2, -0.15) is 0 Å². The molecule has 2 aromatic carbocycles. The van der Waals surface area contributed by atoms with Gasteiger partial charge in [0, 0.05) is 12.0 Å². The number of nitrogens with zero attached hydrogens (tertiary/aromatic N) is 1. The second-order valence-corrected chi connectivity index (χ2v) is 5.77. The van der Waals surface area contributed by atoms with E-state index < -0.39 is 4.92 Å². The molecule has 6 heteroatoms. The zero-order valence-corrected chi connectivity index (χ0v) is 12.4. The molecule has 116 valence electrons. The Bertz CT molecular complexity index is 716. The Balaban J connectivity index is 1.94. The fraction of sp³-hybridized carbons (Fsp3) is 0.294. The summed E-state index contributed by atoms with van der Waals surface area (Å²) in [6.07, 6.45) is 2.73. The maximum absolute atomic E-state index is 13.2. The summed E-state index contributed by atoms with van der Waals surface area (Å²) in [6.45, 7) is 0. The van der Waals surface area contributed by atoms with Gasteiger partial charge in [0.25, 0.3) is 0 Å². The van der Waals surface area contributed by atoms with Crippen LogP contribution in [-0.4, -0.2) is 12.8 Å². The lowest BCUT2D eigenvalue weighted by Gasteiger charge is -2.34. The van der Waals surface area contributed by atoms with Gasteiger partial charge in [-0.3, -0.25) is 10.1 Å². The summed E-state index contributed by atoms with van der Waals surface area (Å²) in [6, 6.07) is 10.4. The molecule has 0 N–H and O–H groups in total. The minimum absolute atomic E-state index is 0.120. The van der Waals surface area contributed by atoms with Crippen LogP contribution in [0.1, 0.15) is 30.9 Å². The van der Waals surface area contributed by atoms with Crippen LogP contribution in [0.2, 0.25) is 0 Å². The Hall–Kier alpha value is -2.37. The topological polar surface area (TPSA) is 52.4 Å². The number of ether oxygens (including phenoxy) is 1. The van der Waals surface area contributed by atoms with E-state index in [0.717, 1.165) is 24.8 Å². The van der Waals surface area contributed by atoms with Crippen molar-refractivity contribution in [1.82, 2.24) is 0 Å². The van der Waals surface area contributed by atoms with Crippen LogP contribution in [0.4, 0.5) is 10.1 Å². The zero-order chi connectivity index (χ0) is 16.4. The summed E-state index contributed by atoms with van der Waals surface area (Å²) in [5.74, 6) is 0.0915. The van der Waals surface area contributed by atoms with Crippen molar-refractivity contribution in [2.45, 2.75) is 25.4 Å². The van der Waals surface area contributed by atoms with Crippen LogP contribution in [-0.2, 0) is 0 Å². The molecule has 2 aromatic rings. The van der Waals surface area contributed by atoms with Gasteiger partial charge in [0.15, 0.2) is 5.75 Å². The van der Waals surface area contributed by atoms with Crippen LogP contribution in [0.3, 0.4) is 0 Å². The molecule has 0 saturated heterocycles. The summed E-state index contributed by atoms with van der Waals surface area (Å²) in [5.41, 5.74) is 1.09. The highest BCUT2D eigenvalue weighted by molar-refractivity contribution is 6.32. The van der Waals surface area contributed by atoms with Crippen LogP contribution in [0.25, 0.3) is 0 Å². The molecule has 0 aromatic heterocycles. The van der Waals surface area contributed by atoms with Crippen molar-refractivity contribution < 1.29 is 14.1 Å². The number of hydrogen-bond acceptors (Lipinski definition) is 3. The average Bonchev–Trinajstić information content (AvgIpc) is 2.45. The Morgan fingerprint density at radius 1 is 1.22 bits per heavy atom. The molecule has 1 aliphatic carbocycles. The first-order valence-corrected chi connectivity index (χ1v) is 7.50. The fourth-order valence-electron chi connectivity index (χ4n) is 2.74. The number of benzene rings is 2. The lowest BCUT2D eigenvalue weighted by molar-refractivity contribution is -0.386. The van der Waals surface area contributed by atoms with Gasteiger partial charge in [-0.25, -0.2) is 4.39 Å². The first-order valence-electron chi connectivity index (χ1n) is 7.50. The van der Waals surface area contributed by atoms with Crippen molar-refractivity contribution in [3.8, 4) is 5.75 Å². The quantitative estimate of drug-likeness (QED) is 0.483. The smallest absolute Gasteiger partial charge is 0.310 e. The molecule has 0 aliphatic heterocycles. The molecule has 1 atom stereocenters. The molecular weight excluding hydrogens is 296 g/mol. The highest BCUT2D eigenvalue weighted by atomic mass is 19.1. The van der Waals surface area contributed by atoms with Gasteiger partial charge >= 0.3 is 5.69 Å². The highest BCUT2D eigenvalue weighted by Gasteiger charge is 2.32. The Kier molecular flexibility index (Phi) is 4.32. The molecule has 1 fully saturated rings. The number of nitro groups is 1. The van der Waals surface area contributed by atoms with E-state index in [1.165, 1.54) is 30.3 Å². The Morgan fingerprint density at radius 2 is 1.91 bits per heavy atom. The third-order valence-corrected chi connectivity index (χ3v) is 4.21. The van der Waals surface area contributed by atoms with E-state index in [-0.39, 0.29) is 29.3 Å². The third-order valence-electron chi connectivity index (χ3n) is 4.21. The van der Waals surface area contributed by atoms with Crippen molar-refractivity contribution in [3.05, 3.63) is 64.0 Å². The van der Waals surface area contributed by atoms with Crippen molar-refractivity contribution >= 4 is 19.0 Å². The molecule has 4 nitrogen and oxygen atoms in total. The van der Waals surface area contributed by atoms with E-state index in [1.807, 2.05) is 0 Å². The van der Waals surface area contributed by atoms with Gasteiger partial charge in [0.2, 0.25) is 0 Å². The van der Waals surface area contributed by atoms with E-state index in [4.69, 9.17) is 12.6 Å². The molecule has 1 aliphatic rings. The van der Waals surface area contributed by atoms with Gasteiger partial charge in [0.05, 0.1) is 4.92 Å². The van der Waals surface area contributed by atoms with Crippen molar-refractivity contribution in [3.63, 3.8) is 0 Å². The van der Waals surface area contributed by atoms with Crippen molar-refractivity contribution in [2.75, 3.05) is 0 Å². The third kappa shape index (κ3) is 3.36. The molecule has 0 bridgehead atoms. The summed E-state index contributed by atoms with van der Waals surface area (Å²) in [7, 11) is 5.73. The van der Waals surface area contributed by atoms with Gasteiger partial charge in [-0.05, 0) is 36.6 Å². The fourth-order valence-corrected chi connectivity index (χ4v) is 2.74. The molecular formula is C17H15BFNO3. The normalized spacial score (nSPS) is 15.7. The second kappa shape index (κ2) is 6.40. The van der Waals surface area contributed by atoms with E-state index in [9.17, 15) is 14.5 Å². The standard InChI is InChI=1S/C17H15BFNO3/c18-13-6-9-15(20(21)22)16(10-13)23-17(11-2-1-3-11)12-4-7-14(19)8-5-12/h4-11,17H,1-3H2. The van der Waals surface area contributed by atoms with Crippen LogP contribution in [0, 0.1) is 21.8 Å². The SMILES string of the molecule is [B]c1ccc([N+](=O)[O-])c(OC(c2ccc(F)cc2)C2CCC2)c1. The zero-order valence-electron chi connectivity index (χ0n) is 12.4. The lowest BCUT2D eigenvalue weighted by atomic mass is 9.78. The van der Waals surface area contributed by atoms with Crippen molar-refractivity contribution in [2.24, 2.45) is 5.92 Å². The van der Waals surface area contributed by atoms with Crippen LogP contribution < -0.4 is 10.2 Å². The van der Waals surface area contributed by atoms with E-state index in [0.29, 0.717) is 5.46 Å². The first-order chi connectivity index (χ1) is 11.0. The maximum atomic E-state index is 13.2. The molecule has 23 heavy (non-hydrogen) atoms. The van der Waals surface area contributed by atoms with Crippen LogP contribution in [0.15, 0.2) is 42.5 Å². The molecule has 2 radical (unpaired) electrons. The van der Waals surface area contributed by atoms with Gasteiger partial charge in [0.1, 0.15) is 19.8 Å². The van der Waals surface area contributed by atoms with Gasteiger partial charge in [-0.1, -0.05) is 30.1 Å². The first kappa shape index (κ1) is 15.5. The molecule has 1 unspecified atom stereocenters. The summed E-state index contributed by atoms with van der Waals surface area (Å²) >= 11 is 0.